The topological polar surface area (TPSA) is 102 Å². The van der Waals surface area contributed by atoms with Gasteiger partial charge in [0, 0.05) is 25.4 Å². The standard InChI is InChI=1S/C20H23N3O5S2/c1-28-18(26)12-17-22(16(25)13-30-17)9-5-11-29-20-21-15-7-3-2-6-14(15)19(27)23(20)8-4-10-24/h2-3,6-7,12,24H,4-5,8-11,13H2,1H3/b17-12+. The number of aliphatic hydroxyl groups is 1. The van der Waals surface area contributed by atoms with Gasteiger partial charge in [0.25, 0.3) is 5.56 Å². The molecule has 2 heterocycles. The van der Waals surface area contributed by atoms with E-state index in [1.165, 1.54) is 36.7 Å². The molecule has 1 aromatic carbocycles. The Kier molecular flexibility index (Phi) is 7.94. The van der Waals surface area contributed by atoms with Gasteiger partial charge in [-0.05, 0) is 25.0 Å². The van der Waals surface area contributed by atoms with Gasteiger partial charge in [0.15, 0.2) is 5.16 Å². The first kappa shape index (κ1) is 22.4. The van der Waals surface area contributed by atoms with E-state index in [-0.39, 0.29) is 18.1 Å². The van der Waals surface area contributed by atoms with Crippen LogP contribution in [0.3, 0.4) is 0 Å². The number of ether oxygens (including phenoxy) is 1. The summed E-state index contributed by atoms with van der Waals surface area (Å²) in [6.07, 6.45) is 2.47. The summed E-state index contributed by atoms with van der Waals surface area (Å²) in [7, 11) is 1.30. The molecule has 1 saturated heterocycles. The van der Waals surface area contributed by atoms with E-state index < -0.39 is 5.97 Å². The molecule has 1 amide bonds. The number of thioether (sulfide) groups is 2. The Balaban J connectivity index is 1.69. The molecule has 1 N–H and O–H groups in total. The van der Waals surface area contributed by atoms with Crippen molar-refractivity contribution in [2.75, 3.05) is 31.8 Å². The zero-order chi connectivity index (χ0) is 21.5. The number of para-hydroxylation sites is 1. The largest absolute Gasteiger partial charge is 0.466 e. The number of carbonyl (C=O) groups is 2. The molecule has 1 fully saturated rings. The molecule has 30 heavy (non-hydrogen) atoms. The lowest BCUT2D eigenvalue weighted by atomic mass is 10.2. The highest BCUT2D eigenvalue weighted by molar-refractivity contribution is 8.04. The van der Waals surface area contributed by atoms with Gasteiger partial charge in [-0.1, -0.05) is 35.7 Å². The molecule has 0 radical (unpaired) electrons. The van der Waals surface area contributed by atoms with Crippen molar-refractivity contribution >= 4 is 46.3 Å². The smallest absolute Gasteiger partial charge is 0.333 e. The molecular weight excluding hydrogens is 426 g/mol. The van der Waals surface area contributed by atoms with Crippen molar-refractivity contribution in [2.45, 2.75) is 24.5 Å². The van der Waals surface area contributed by atoms with Gasteiger partial charge in [-0.3, -0.25) is 14.2 Å². The molecule has 0 bridgehead atoms. The number of fused-ring (bicyclic) bond motifs is 1. The maximum Gasteiger partial charge on any atom is 0.333 e. The maximum atomic E-state index is 12.8. The predicted octanol–water partition coefficient (Wildman–Crippen LogP) is 1.85. The molecule has 1 aromatic heterocycles. The lowest BCUT2D eigenvalue weighted by Gasteiger charge is -2.17. The maximum absolute atomic E-state index is 12.8. The zero-order valence-corrected chi connectivity index (χ0v) is 18.2. The van der Waals surface area contributed by atoms with E-state index in [1.54, 1.807) is 27.7 Å². The van der Waals surface area contributed by atoms with Crippen LogP contribution in [-0.2, 0) is 20.9 Å². The van der Waals surface area contributed by atoms with Gasteiger partial charge in [-0.15, -0.1) is 0 Å². The zero-order valence-electron chi connectivity index (χ0n) is 16.6. The first-order valence-electron chi connectivity index (χ1n) is 9.51. The summed E-state index contributed by atoms with van der Waals surface area (Å²) in [5.41, 5.74) is 0.519. The van der Waals surface area contributed by atoms with Crippen LogP contribution in [0.1, 0.15) is 12.8 Å². The van der Waals surface area contributed by atoms with Gasteiger partial charge in [0.05, 0.1) is 34.9 Å². The van der Waals surface area contributed by atoms with Crippen LogP contribution in [0.5, 0.6) is 0 Å². The first-order chi connectivity index (χ1) is 14.5. The molecule has 10 heteroatoms. The SMILES string of the molecule is COC(=O)/C=C1/SCC(=O)N1CCCSc1nc2ccccc2c(=O)n1CCCO. The number of amides is 1. The molecule has 2 aromatic rings. The number of esters is 1. The number of nitrogens with zero attached hydrogens (tertiary/aromatic N) is 3. The number of aliphatic hydroxyl groups excluding tert-OH is 1. The highest BCUT2D eigenvalue weighted by Gasteiger charge is 2.27. The van der Waals surface area contributed by atoms with Crippen LogP contribution in [0.15, 0.2) is 45.3 Å². The minimum Gasteiger partial charge on any atom is -0.466 e. The Morgan fingerprint density at radius 1 is 1.30 bits per heavy atom. The number of aromatic nitrogens is 2. The van der Waals surface area contributed by atoms with E-state index in [4.69, 9.17) is 5.11 Å². The van der Waals surface area contributed by atoms with E-state index >= 15 is 0 Å². The number of benzene rings is 1. The molecule has 3 rings (SSSR count). The average Bonchev–Trinajstić information content (AvgIpc) is 3.09. The van der Waals surface area contributed by atoms with Gasteiger partial charge in [0.1, 0.15) is 0 Å². The van der Waals surface area contributed by atoms with Crippen molar-refractivity contribution in [3.63, 3.8) is 0 Å². The summed E-state index contributed by atoms with van der Waals surface area (Å²) in [6.45, 7) is 0.853. The second-order valence-corrected chi connectivity index (χ2v) is 8.54. The molecule has 8 nitrogen and oxygen atoms in total. The number of methoxy groups -OCH3 is 1. The second-order valence-electron chi connectivity index (χ2n) is 6.49. The van der Waals surface area contributed by atoms with E-state index in [0.717, 1.165) is 0 Å². The van der Waals surface area contributed by atoms with Gasteiger partial charge >= 0.3 is 5.97 Å². The predicted molar refractivity (Wildman–Crippen MR) is 117 cm³/mol. The minimum absolute atomic E-state index is 0.00653. The first-order valence-corrected chi connectivity index (χ1v) is 11.5. The van der Waals surface area contributed by atoms with Crippen LogP contribution in [-0.4, -0.2) is 63.2 Å². The van der Waals surface area contributed by atoms with E-state index in [1.807, 2.05) is 6.07 Å². The monoisotopic (exact) mass is 449 g/mol. The third kappa shape index (κ3) is 5.24. The van der Waals surface area contributed by atoms with Crippen molar-refractivity contribution in [1.82, 2.24) is 14.5 Å². The van der Waals surface area contributed by atoms with Crippen LogP contribution >= 0.6 is 23.5 Å². The highest BCUT2D eigenvalue weighted by atomic mass is 32.2. The fourth-order valence-corrected chi connectivity index (χ4v) is 4.90. The fraction of sp³-hybridized carbons (Fsp3) is 0.400. The van der Waals surface area contributed by atoms with Gasteiger partial charge in [-0.25, -0.2) is 9.78 Å². The van der Waals surface area contributed by atoms with Gasteiger partial charge in [-0.2, -0.15) is 0 Å². The summed E-state index contributed by atoms with van der Waals surface area (Å²) in [5, 5.41) is 10.9. The summed E-state index contributed by atoms with van der Waals surface area (Å²) >= 11 is 2.77. The molecule has 0 saturated carbocycles. The van der Waals surface area contributed by atoms with Crippen molar-refractivity contribution in [2.24, 2.45) is 0 Å². The lowest BCUT2D eigenvalue weighted by molar-refractivity contribution is -0.134. The fourth-order valence-electron chi connectivity index (χ4n) is 3.00. The summed E-state index contributed by atoms with van der Waals surface area (Å²) in [4.78, 5) is 42.6. The van der Waals surface area contributed by atoms with Crippen LogP contribution in [0, 0.1) is 0 Å². The van der Waals surface area contributed by atoms with Crippen molar-refractivity contribution in [1.29, 1.82) is 0 Å². The minimum atomic E-state index is -0.486. The average molecular weight is 450 g/mol. The van der Waals surface area contributed by atoms with Crippen LogP contribution < -0.4 is 5.56 Å². The number of hydrogen-bond acceptors (Lipinski definition) is 8. The Hall–Kier alpha value is -2.30. The number of carbonyl (C=O) groups excluding carboxylic acids is 2. The third-order valence-corrected chi connectivity index (χ3v) is 6.56. The second kappa shape index (κ2) is 10.6. The molecule has 1 aliphatic heterocycles. The summed E-state index contributed by atoms with van der Waals surface area (Å²) < 4.78 is 6.24. The summed E-state index contributed by atoms with van der Waals surface area (Å²) in [5.74, 6) is 0.427. The van der Waals surface area contributed by atoms with Crippen LogP contribution in [0.25, 0.3) is 10.9 Å². The number of rotatable bonds is 9. The molecule has 160 valence electrons. The molecule has 0 spiro atoms. The van der Waals surface area contributed by atoms with E-state index in [9.17, 15) is 14.4 Å². The molecule has 0 unspecified atom stereocenters. The quantitative estimate of drug-likeness (QED) is 0.203. The van der Waals surface area contributed by atoms with E-state index in [0.29, 0.717) is 58.5 Å². The Morgan fingerprint density at radius 2 is 2.10 bits per heavy atom. The Morgan fingerprint density at radius 3 is 2.87 bits per heavy atom. The molecule has 1 aliphatic rings. The Labute approximate surface area is 182 Å². The third-order valence-electron chi connectivity index (χ3n) is 4.48. The van der Waals surface area contributed by atoms with Crippen molar-refractivity contribution in [3.8, 4) is 0 Å². The highest BCUT2D eigenvalue weighted by Crippen LogP contribution is 2.29. The van der Waals surface area contributed by atoms with Gasteiger partial charge in [0.2, 0.25) is 5.91 Å². The molecule has 0 atom stereocenters. The molecular formula is C20H23N3O5S2. The van der Waals surface area contributed by atoms with Crippen LogP contribution in [0.4, 0.5) is 0 Å². The van der Waals surface area contributed by atoms with Gasteiger partial charge < -0.3 is 14.7 Å². The number of hydrogen-bond donors (Lipinski definition) is 1. The molecule has 0 aliphatic carbocycles. The Bertz CT molecular complexity index is 1020. The normalized spacial score (nSPS) is 15.3. The lowest BCUT2D eigenvalue weighted by Crippen LogP contribution is -2.27. The van der Waals surface area contributed by atoms with E-state index in [2.05, 4.69) is 9.72 Å². The van der Waals surface area contributed by atoms with Crippen molar-refractivity contribution < 1.29 is 19.4 Å². The van der Waals surface area contributed by atoms with Crippen molar-refractivity contribution in [3.05, 3.63) is 45.7 Å². The van der Waals surface area contributed by atoms with Crippen LogP contribution in [0.2, 0.25) is 0 Å². The summed E-state index contributed by atoms with van der Waals surface area (Å²) in [6, 6.07) is 7.20.